The maximum atomic E-state index is 14.7. The summed E-state index contributed by atoms with van der Waals surface area (Å²) in [7, 11) is 1.76. The van der Waals surface area contributed by atoms with Crippen LogP contribution in [-0.4, -0.2) is 89.1 Å². The van der Waals surface area contributed by atoms with E-state index in [-0.39, 0.29) is 57.1 Å². The summed E-state index contributed by atoms with van der Waals surface area (Å²) < 4.78 is 33.1. The predicted octanol–water partition coefficient (Wildman–Crippen LogP) is 8.28. The number of unbranched alkanes of at least 4 members (excludes halogenated alkanes) is 3. The van der Waals surface area contributed by atoms with Crippen molar-refractivity contribution in [3.8, 4) is 11.1 Å². The monoisotopic (exact) mass is 925 g/mol. The number of nitrogens with zero attached hydrogens (tertiary/aromatic N) is 9. The summed E-state index contributed by atoms with van der Waals surface area (Å²) in [5.41, 5.74) is 5.46. The molecule has 3 aliphatic rings. The number of piperidine rings is 1. The Bertz CT molecular complexity index is 2650. The van der Waals surface area contributed by atoms with Gasteiger partial charge in [0.2, 0.25) is 17.7 Å². The fourth-order valence-corrected chi connectivity index (χ4v) is 10.1. The summed E-state index contributed by atoms with van der Waals surface area (Å²) in [5, 5.41) is 26.0. The number of aromatic nitrogens is 5. The fraction of sp³-hybridized carbons (Fsp3) is 0.457. The molecule has 6 heterocycles. The van der Waals surface area contributed by atoms with E-state index in [2.05, 4.69) is 30.3 Å². The van der Waals surface area contributed by atoms with Crippen molar-refractivity contribution in [1.82, 2.24) is 34.3 Å². The third-order valence-electron chi connectivity index (χ3n) is 12.7. The zero-order valence-electron chi connectivity index (χ0n) is 37.2. The van der Waals surface area contributed by atoms with Gasteiger partial charge in [-0.2, -0.15) is 10.2 Å². The maximum absolute atomic E-state index is 14.7. The zero-order valence-corrected chi connectivity index (χ0v) is 38.0. The van der Waals surface area contributed by atoms with Crippen LogP contribution in [0.3, 0.4) is 0 Å². The number of nitro groups is 1. The number of carbonyl (C=O) groups is 4. The predicted molar refractivity (Wildman–Crippen MR) is 245 cm³/mol. The highest BCUT2D eigenvalue weighted by molar-refractivity contribution is 7.19. The quantitative estimate of drug-likeness (QED) is 0.0586. The molecule has 0 unspecified atom stereocenters. The van der Waals surface area contributed by atoms with Gasteiger partial charge in [0, 0.05) is 93.7 Å². The molecule has 1 saturated heterocycles. The first-order chi connectivity index (χ1) is 31.7. The molecule has 8 rings (SSSR count). The highest BCUT2D eigenvalue weighted by atomic mass is 32.1. The first-order valence-electron chi connectivity index (χ1n) is 22.4. The van der Waals surface area contributed by atoms with Gasteiger partial charge >= 0.3 is 5.00 Å². The Morgan fingerprint density at radius 2 is 1.73 bits per heavy atom. The van der Waals surface area contributed by atoms with Crippen LogP contribution < -0.4 is 15.5 Å². The van der Waals surface area contributed by atoms with E-state index in [0.717, 1.165) is 53.8 Å². The Kier molecular flexibility index (Phi) is 13.9. The Morgan fingerprint density at radius 3 is 2.42 bits per heavy atom. The second kappa shape index (κ2) is 19.9. The highest BCUT2D eigenvalue weighted by Crippen LogP contribution is 2.44. The van der Waals surface area contributed by atoms with Gasteiger partial charge < -0.3 is 20.0 Å². The van der Waals surface area contributed by atoms with Crippen LogP contribution in [-0.2, 0) is 40.8 Å². The van der Waals surface area contributed by atoms with Gasteiger partial charge in [0.05, 0.1) is 35.0 Å². The number of alkyl halides is 2. The van der Waals surface area contributed by atoms with E-state index in [1.54, 1.807) is 61.4 Å². The number of hydrogen-bond donors (Lipinski definition) is 2. The lowest BCUT2D eigenvalue weighted by molar-refractivity contribution is -0.380. The standard InChI is InChI=1S/C46H53F2N11O6S/c1-28-45(59(64)65)66-46(50-28)52-44(63)33-12-8-9-13-37(33)51-40(61)14-6-4-5-7-15-41(62)55-20-16-32(17-21-55)58-38-18-22-56(29(2)60)27-36(38)43(53-58)57-19-10-11-30-23-34(31-25-49-54(3)26-31)35(42(47)48)24-39(30)57/h8-9,12-13,23-26,32,42H,4-7,10-11,14-22,27H2,1-3H3,(H,51,61)(H,50,52,63). The second-order valence-corrected chi connectivity index (χ2v) is 18.1. The Balaban J connectivity index is 0.840. The summed E-state index contributed by atoms with van der Waals surface area (Å²) in [6.07, 6.45) is 7.71. The molecule has 20 heteroatoms. The van der Waals surface area contributed by atoms with E-state index in [4.69, 9.17) is 5.10 Å². The van der Waals surface area contributed by atoms with Crippen LogP contribution >= 0.6 is 11.3 Å². The topological polar surface area (TPSA) is 194 Å². The van der Waals surface area contributed by atoms with Crippen molar-refractivity contribution in [3.05, 3.63) is 92.5 Å². The minimum absolute atomic E-state index is 0.0279. The van der Waals surface area contributed by atoms with Crippen LogP contribution in [0.5, 0.6) is 0 Å². The van der Waals surface area contributed by atoms with Crippen LogP contribution in [0.25, 0.3) is 11.1 Å². The molecule has 0 bridgehead atoms. The van der Waals surface area contributed by atoms with E-state index in [1.165, 1.54) is 6.92 Å². The molecule has 66 heavy (non-hydrogen) atoms. The molecule has 348 valence electrons. The average Bonchev–Trinajstić information content (AvgIpc) is 4.02. The molecule has 17 nitrogen and oxygen atoms in total. The van der Waals surface area contributed by atoms with E-state index < -0.39 is 17.3 Å². The van der Waals surface area contributed by atoms with Crippen molar-refractivity contribution in [3.63, 3.8) is 0 Å². The van der Waals surface area contributed by atoms with Crippen LogP contribution in [0.4, 0.5) is 36.1 Å². The van der Waals surface area contributed by atoms with Gasteiger partial charge in [-0.3, -0.25) is 44.0 Å². The fourth-order valence-electron chi connectivity index (χ4n) is 9.29. The third-order valence-corrected chi connectivity index (χ3v) is 13.7. The molecule has 0 radical (unpaired) electrons. The lowest BCUT2D eigenvalue weighted by atomic mass is 9.92. The Morgan fingerprint density at radius 1 is 0.970 bits per heavy atom. The van der Waals surface area contributed by atoms with Gasteiger partial charge in [-0.15, -0.1) is 0 Å². The number of amides is 4. The number of hydrogen-bond acceptors (Lipinski definition) is 11. The normalized spacial score (nSPS) is 15.2. The van der Waals surface area contributed by atoms with Crippen LogP contribution in [0, 0.1) is 17.0 Å². The number of aryl methyl sites for hydroxylation is 3. The number of nitrogens with one attached hydrogen (secondary N) is 2. The molecule has 0 saturated carbocycles. The average molecular weight is 926 g/mol. The van der Waals surface area contributed by atoms with Gasteiger partial charge in [0.15, 0.2) is 10.9 Å². The van der Waals surface area contributed by atoms with Crippen LogP contribution in [0.1, 0.15) is 116 Å². The number of benzene rings is 2. The van der Waals surface area contributed by atoms with E-state index in [0.29, 0.717) is 99.6 Å². The number of anilines is 4. The van der Waals surface area contributed by atoms with Gasteiger partial charge in [-0.25, -0.2) is 13.8 Å². The smallest absolute Gasteiger partial charge is 0.343 e. The Hall–Kier alpha value is -6.57. The van der Waals surface area contributed by atoms with Crippen molar-refractivity contribution in [2.45, 2.75) is 103 Å². The lowest BCUT2D eigenvalue weighted by Gasteiger charge is -2.34. The van der Waals surface area contributed by atoms with Crippen molar-refractivity contribution >= 4 is 62.3 Å². The number of para-hydroxylation sites is 1. The summed E-state index contributed by atoms with van der Waals surface area (Å²) >= 11 is 0.762. The summed E-state index contributed by atoms with van der Waals surface area (Å²) in [6.45, 7) is 5.78. The largest absolute Gasteiger partial charge is 0.348 e. The number of fused-ring (bicyclic) bond motifs is 2. The molecule has 1 fully saturated rings. The molecule has 3 aromatic heterocycles. The second-order valence-electron chi connectivity index (χ2n) is 17.2. The van der Waals surface area contributed by atoms with Gasteiger partial charge in [-0.05, 0) is 92.2 Å². The summed E-state index contributed by atoms with van der Waals surface area (Å²) in [6, 6.07) is 10.0. The third kappa shape index (κ3) is 9.97. The van der Waals surface area contributed by atoms with E-state index >= 15 is 0 Å². The molecule has 0 atom stereocenters. The number of halogens is 2. The zero-order chi connectivity index (χ0) is 46.6. The minimum Gasteiger partial charge on any atom is -0.343 e. The van der Waals surface area contributed by atoms with Crippen molar-refractivity contribution in [2.75, 3.05) is 41.7 Å². The summed E-state index contributed by atoms with van der Waals surface area (Å²) in [5.74, 6) is -0.0398. The molecule has 5 aromatic rings. The molecule has 2 N–H and O–H groups in total. The van der Waals surface area contributed by atoms with Crippen LogP contribution in [0.2, 0.25) is 0 Å². The molecule has 3 aliphatic heterocycles. The first kappa shape index (κ1) is 46.0. The van der Waals surface area contributed by atoms with Crippen molar-refractivity contribution in [1.29, 1.82) is 0 Å². The molecular weight excluding hydrogens is 873 g/mol. The molecule has 0 aliphatic carbocycles. The molecular formula is C46H53F2N11O6S. The van der Waals surface area contributed by atoms with Gasteiger partial charge in [0.25, 0.3) is 12.3 Å². The van der Waals surface area contributed by atoms with Gasteiger partial charge in [0.1, 0.15) is 5.69 Å². The number of carbonyl (C=O) groups excluding carboxylic acids is 4. The number of likely N-dealkylation sites (tertiary alicyclic amines) is 1. The number of thiazole rings is 1. The maximum Gasteiger partial charge on any atom is 0.348 e. The number of rotatable bonds is 15. The molecule has 2 aromatic carbocycles. The van der Waals surface area contributed by atoms with Gasteiger partial charge in [-0.1, -0.05) is 25.0 Å². The van der Waals surface area contributed by atoms with E-state index in [9.17, 15) is 38.1 Å². The Labute approximate surface area is 384 Å². The highest BCUT2D eigenvalue weighted by Gasteiger charge is 2.35. The minimum atomic E-state index is -2.70. The van der Waals surface area contributed by atoms with Crippen molar-refractivity contribution < 1.29 is 32.9 Å². The van der Waals surface area contributed by atoms with Crippen molar-refractivity contribution in [2.24, 2.45) is 7.05 Å². The molecule has 0 spiro atoms. The van der Waals surface area contributed by atoms with Crippen LogP contribution in [0.15, 0.2) is 48.8 Å². The summed E-state index contributed by atoms with van der Waals surface area (Å²) in [4.78, 5) is 72.3. The van der Waals surface area contributed by atoms with E-state index in [1.807, 2.05) is 15.9 Å². The first-order valence-corrected chi connectivity index (χ1v) is 23.2. The molecule has 4 amide bonds. The SMILES string of the molecule is CC(=O)N1CCc2c(c(N3CCCc4cc(-c5cnn(C)c5)c(C(F)F)cc43)nn2C2CCN(C(=O)CCCCCCC(=O)Nc3ccccc3C(=O)Nc3nc(C)c([N+](=O)[O-])s3)CC2)C1. The lowest BCUT2D eigenvalue weighted by Crippen LogP contribution is -2.40.